The summed E-state index contributed by atoms with van der Waals surface area (Å²) < 4.78 is 11.3. The van der Waals surface area contributed by atoms with Crippen LogP contribution in [0, 0.1) is 0 Å². The molecule has 6 heteroatoms. The number of rotatable bonds is 4. The van der Waals surface area contributed by atoms with Crippen molar-refractivity contribution in [2.24, 2.45) is 0 Å². The fourth-order valence-electron chi connectivity index (χ4n) is 2.07. The Morgan fingerprint density at radius 2 is 2.26 bits per heavy atom. The molecule has 5 nitrogen and oxygen atoms in total. The van der Waals surface area contributed by atoms with Crippen LogP contribution in [0.1, 0.15) is 6.92 Å². The minimum absolute atomic E-state index is 0.0870. The van der Waals surface area contributed by atoms with Crippen LogP contribution in [-0.2, 0) is 10.8 Å². The number of nitrogens with one attached hydrogen (secondary N) is 1. The molecule has 1 N–H and O–H groups in total. The molecule has 0 bridgehead atoms. The maximum absolute atomic E-state index is 11.7. The molecule has 2 aromatic rings. The first kappa shape index (κ1) is 13.7. The number of anilines is 1. The van der Waals surface area contributed by atoms with Gasteiger partial charge in [0.05, 0.1) is 17.4 Å². The van der Waals surface area contributed by atoms with Crippen LogP contribution in [0.15, 0.2) is 29.3 Å². The zero-order chi connectivity index (χ0) is 14.0. The van der Waals surface area contributed by atoms with E-state index in [4.69, 9.17) is 0 Å². The second kappa shape index (κ2) is 5.52. The largest absolute Gasteiger partial charge is 0.370 e. The topological polar surface area (TPSA) is 66.1 Å². The highest BCUT2D eigenvalue weighted by molar-refractivity contribution is 7.84. The van der Waals surface area contributed by atoms with E-state index in [2.05, 4.69) is 9.97 Å². The molecule has 2 aromatic heterocycles. The standard InChI is InChI=1S/C13H17N3O2S/c1-9(8-19(3)18)16(2)12-6-13(17)15-11-7-14-5-4-10(11)12/h4-7,9H,8H2,1-3H3,(H,15,17). The SMILES string of the molecule is CC(CS(C)=O)N(C)c1cc(=O)[nH]c2cnccc12. The second-order valence-electron chi connectivity index (χ2n) is 4.64. The van der Waals surface area contributed by atoms with Crippen molar-refractivity contribution < 1.29 is 4.21 Å². The molecule has 0 saturated carbocycles. The molecule has 0 amide bonds. The number of pyridine rings is 2. The van der Waals surface area contributed by atoms with E-state index in [0.717, 1.165) is 11.1 Å². The minimum atomic E-state index is -0.869. The van der Waals surface area contributed by atoms with Gasteiger partial charge in [-0.1, -0.05) is 0 Å². The molecule has 0 saturated heterocycles. The summed E-state index contributed by atoms with van der Waals surface area (Å²) in [6.07, 6.45) is 5.02. The number of aromatic amines is 1. The van der Waals surface area contributed by atoms with Crippen molar-refractivity contribution in [1.82, 2.24) is 9.97 Å². The van der Waals surface area contributed by atoms with E-state index in [-0.39, 0.29) is 11.6 Å². The molecule has 2 unspecified atom stereocenters. The molecule has 0 spiro atoms. The highest BCUT2D eigenvalue weighted by Crippen LogP contribution is 2.23. The van der Waals surface area contributed by atoms with Crippen molar-refractivity contribution in [3.8, 4) is 0 Å². The van der Waals surface area contributed by atoms with Gasteiger partial charge in [-0.3, -0.25) is 14.0 Å². The monoisotopic (exact) mass is 279 g/mol. The third kappa shape index (κ3) is 3.01. The summed E-state index contributed by atoms with van der Waals surface area (Å²) in [6, 6.07) is 3.52. The Bertz CT molecular complexity index is 668. The number of aromatic nitrogens is 2. The van der Waals surface area contributed by atoms with Gasteiger partial charge in [0.2, 0.25) is 0 Å². The summed E-state index contributed by atoms with van der Waals surface area (Å²) in [5, 5.41) is 0.936. The molecule has 2 heterocycles. The highest BCUT2D eigenvalue weighted by Gasteiger charge is 2.15. The Kier molecular flexibility index (Phi) is 3.99. The lowest BCUT2D eigenvalue weighted by atomic mass is 10.2. The summed E-state index contributed by atoms with van der Waals surface area (Å²) in [5.74, 6) is 0.565. The molecular weight excluding hydrogens is 262 g/mol. The number of hydrogen-bond acceptors (Lipinski definition) is 4. The van der Waals surface area contributed by atoms with E-state index < -0.39 is 10.8 Å². The molecule has 0 aliphatic heterocycles. The van der Waals surface area contributed by atoms with Crippen LogP contribution in [0.5, 0.6) is 0 Å². The van der Waals surface area contributed by atoms with Crippen molar-refractivity contribution in [2.75, 3.05) is 24.0 Å². The van der Waals surface area contributed by atoms with Gasteiger partial charge in [-0.2, -0.15) is 0 Å². The van der Waals surface area contributed by atoms with Gasteiger partial charge in [-0.25, -0.2) is 0 Å². The van der Waals surface area contributed by atoms with Crippen LogP contribution in [0.2, 0.25) is 0 Å². The Morgan fingerprint density at radius 3 is 2.95 bits per heavy atom. The fraction of sp³-hybridized carbons (Fsp3) is 0.385. The van der Waals surface area contributed by atoms with E-state index in [1.165, 1.54) is 0 Å². The summed E-state index contributed by atoms with van der Waals surface area (Å²) in [5.41, 5.74) is 1.38. The lowest BCUT2D eigenvalue weighted by molar-refractivity contribution is 0.675. The lowest BCUT2D eigenvalue weighted by Crippen LogP contribution is -2.34. The second-order valence-corrected chi connectivity index (χ2v) is 6.12. The zero-order valence-electron chi connectivity index (χ0n) is 11.2. The number of fused-ring (bicyclic) bond motifs is 1. The number of nitrogens with zero attached hydrogens (tertiary/aromatic N) is 2. The predicted octanol–water partition coefficient (Wildman–Crippen LogP) is 1.13. The smallest absolute Gasteiger partial charge is 0.250 e. The molecule has 0 aromatic carbocycles. The third-order valence-corrected chi connectivity index (χ3v) is 4.09. The van der Waals surface area contributed by atoms with Crippen LogP contribution < -0.4 is 10.5 Å². The fourth-order valence-corrected chi connectivity index (χ4v) is 2.97. The van der Waals surface area contributed by atoms with Gasteiger partial charge in [0.1, 0.15) is 0 Å². The maximum atomic E-state index is 11.7. The van der Waals surface area contributed by atoms with E-state index in [1.54, 1.807) is 24.7 Å². The zero-order valence-corrected chi connectivity index (χ0v) is 12.0. The maximum Gasteiger partial charge on any atom is 0.250 e. The molecule has 0 aliphatic rings. The molecule has 0 aliphatic carbocycles. The summed E-state index contributed by atoms with van der Waals surface area (Å²) in [4.78, 5) is 20.4. The van der Waals surface area contributed by atoms with Crippen molar-refractivity contribution >= 4 is 27.4 Å². The van der Waals surface area contributed by atoms with Gasteiger partial charge in [0, 0.05) is 53.5 Å². The van der Waals surface area contributed by atoms with Gasteiger partial charge in [-0.05, 0) is 13.0 Å². The van der Waals surface area contributed by atoms with E-state index in [9.17, 15) is 9.00 Å². The van der Waals surface area contributed by atoms with Crippen LogP contribution in [0.25, 0.3) is 10.9 Å². The number of H-pyrrole nitrogens is 1. The van der Waals surface area contributed by atoms with Crippen LogP contribution in [0.3, 0.4) is 0 Å². The van der Waals surface area contributed by atoms with Gasteiger partial charge >= 0.3 is 0 Å². The van der Waals surface area contributed by atoms with E-state index >= 15 is 0 Å². The lowest BCUT2D eigenvalue weighted by Gasteiger charge is -2.27. The molecular formula is C13H17N3O2S. The minimum Gasteiger partial charge on any atom is -0.370 e. The van der Waals surface area contributed by atoms with Gasteiger partial charge in [0.25, 0.3) is 5.56 Å². The highest BCUT2D eigenvalue weighted by atomic mass is 32.2. The van der Waals surface area contributed by atoms with E-state index in [0.29, 0.717) is 11.3 Å². The van der Waals surface area contributed by atoms with Crippen LogP contribution in [0.4, 0.5) is 5.69 Å². The molecule has 0 radical (unpaired) electrons. The predicted molar refractivity (Wildman–Crippen MR) is 79.2 cm³/mol. The van der Waals surface area contributed by atoms with Crippen LogP contribution >= 0.6 is 0 Å². The Morgan fingerprint density at radius 1 is 1.53 bits per heavy atom. The first-order valence-electron chi connectivity index (χ1n) is 5.99. The summed E-state index contributed by atoms with van der Waals surface area (Å²) >= 11 is 0. The molecule has 2 rings (SSSR count). The summed E-state index contributed by atoms with van der Waals surface area (Å²) in [6.45, 7) is 2.00. The average molecular weight is 279 g/mol. The average Bonchev–Trinajstić information content (AvgIpc) is 2.36. The third-order valence-electron chi connectivity index (χ3n) is 3.14. The molecule has 2 atom stereocenters. The van der Waals surface area contributed by atoms with Gasteiger partial charge in [0.15, 0.2) is 0 Å². The molecule has 0 fully saturated rings. The van der Waals surface area contributed by atoms with Crippen molar-refractivity contribution in [1.29, 1.82) is 0 Å². The van der Waals surface area contributed by atoms with Crippen molar-refractivity contribution in [3.05, 3.63) is 34.9 Å². The van der Waals surface area contributed by atoms with Crippen LogP contribution in [-0.4, -0.2) is 39.3 Å². The Labute approximate surface area is 114 Å². The molecule has 102 valence electrons. The first-order chi connectivity index (χ1) is 8.99. The summed E-state index contributed by atoms with van der Waals surface area (Å²) in [7, 11) is 1.04. The Balaban J connectivity index is 2.49. The molecule has 19 heavy (non-hydrogen) atoms. The normalized spacial score (nSPS) is 14.3. The first-order valence-corrected chi connectivity index (χ1v) is 7.71. The Hall–Kier alpha value is -1.69. The quantitative estimate of drug-likeness (QED) is 0.911. The van der Waals surface area contributed by atoms with Gasteiger partial charge < -0.3 is 9.88 Å². The van der Waals surface area contributed by atoms with E-state index in [1.807, 2.05) is 24.9 Å². The van der Waals surface area contributed by atoms with Crippen molar-refractivity contribution in [3.63, 3.8) is 0 Å². The number of hydrogen-bond donors (Lipinski definition) is 1. The van der Waals surface area contributed by atoms with Crippen molar-refractivity contribution in [2.45, 2.75) is 13.0 Å². The van der Waals surface area contributed by atoms with Gasteiger partial charge in [-0.15, -0.1) is 0 Å².